The Bertz CT molecular complexity index is 1020. The van der Waals surface area contributed by atoms with E-state index in [1.165, 1.54) is 11.1 Å². The van der Waals surface area contributed by atoms with Gasteiger partial charge < -0.3 is 19.5 Å². The number of nitrogens with one attached hydrogen (secondary N) is 1. The molecule has 0 atom stereocenters. The summed E-state index contributed by atoms with van der Waals surface area (Å²) in [5.41, 5.74) is 6.58. The number of imidazole rings is 1. The first-order chi connectivity index (χ1) is 13.3. The van der Waals surface area contributed by atoms with Gasteiger partial charge in [-0.05, 0) is 42.3 Å². The fourth-order valence-corrected chi connectivity index (χ4v) is 3.86. The molecule has 0 radical (unpaired) electrons. The number of hydrogen-bond acceptors (Lipinski definition) is 6. The SMILES string of the molecule is CCn1cnc2c(-c3ccc(OC)cc3)nc(N3CC4=C(CNC4)C3)nc21. The largest absolute Gasteiger partial charge is 0.497 e. The van der Waals surface area contributed by atoms with Gasteiger partial charge in [0.1, 0.15) is 17.0 Å². The van der Waals surface area contributed by atoms with Crippen LogP contribution in [0.25, 0.3) is 22.4 Å². The molecule has 2 aromatic heterocycles. The van der Waals surface area contributed by atoms with Gasteiger partial charge in [0.05, 0.1) is 13.4 Å². The van der Waals surface area contributed by atoms with Gasteiger partial charge >= 0.3 is 0 Å². The van der Waals surface area contributed by atoms with E-state index in [4.69, 9.17) is 14.7 Å². The number of methoxy groups -OCH3 is 1. The fraction of sp³-hybridized carbons (Fsp3) is 0.350. The molecule has 0 aliphatic carbocycles. The van der Waals surface area contributed by atoms with Crippen LogP contribution in [0, 0.1) is 0 Å². The lowest BCUT2D eigenvalue weighted by molar-refractivity contribution is 0.415. The summed E-state index contributed by atoms with van der Waals surface area (Å²) in [7, 11) is 1.67. The zero-order chi connectivity index (χ0) is 18.4. The molecular formula is C20H22N6O. The smallest absolute Gasteiger partial charge is 0.228 e. The highest BCUT2D eigenvalue weighted by atomic mass is 16.5. The third-order valence-electron chi connectivity index (χ3n) is 5.38. The van der Waals surface area contributed by atoms with Crippen LogP contribution in [0.5, 0.6) is 5.75 Å². The second-order valence-corrected chi connectivity index (χ2v) is 6.97. The van der Waals surface area contributed by atoms with E-state index in [1.807, 2.05) is 30.6 Å². The van der Waals surface area contributed by atoms with E-state index in [0.29, 0.717) is 0 Å². The number of rotatable bonds is 4. The summed E-state index contributed by atoms with van der Waals surface area (Å²) in [6, 6.07) is 7.97. The second kappa shape index (κ2) is 6.35. The maximum absolute atomic E-state index is 5.29. The molecule has 138 valence electrons. The van der Waals surface area contributed by atoms with Crippen LogP contribution in [0.15, 0.2) is 41.7 Å². The minimum Gasteiger partial charge on any atom is -0.497 e. The molecule has 2 aliphatic rings. The van der Waals surface area contributed by atoms with Gasteiger partial charge in [-0.25, -0.2) is 9.97 Å². The summed E-state index contributed by atoms with van der Waals surface area (Å²) in [4.78, 5) is 16.7. The van der Waals surface area contributed by atoms with Gasteiger partial charge in [-0.3, -0.25) is 0 Å². The zero-order valence-corrected chi connectivity index (χ0v) is 15.6. The lowest BCUT2D eigenvalue weighted by Gasteiger charge is -2.19. The maximum Gasteiger partial charge on any atom is 0.228 e. The van der Waals surface area contributed by atoms with Crippen molar-refractivity contribution in [3.05, 3.63) is 41.7 Å². The van der Waals surface area contributed by atoms with Crippen LogP contribution in [-0.4, -0.2) is 52.8 Å². The Morgan fingerprint density at radius 3 is 2.48 bits per heavy atom. The van der Waals surface area contributed by atoms with E-state index >= 15 is 0 Å². The minimum absolute atomic E-state index is 0.776. The lowest BCUT2D eigenvalue weighted by Crippen LogP contribution is -2.28. The molecule has 0 saturated heterocycles. The quantitative estimate of drug-likeness (QED) is 0.718. The van der Waals surface area contributed by atoms with Gasteiger partial charge in [0.15, 0.2) is 5.65 Å². The topological polar surface area (TPSA) is 68.1 Å². The van der Waals surface area contributed by atoms with Crippen molar-refractivity contribution in [1.82, 2.24) is 24.8 Å². The van der Waals surface area contributed by atoms with Crippen LogP contribution in [0.2, 0.25) is 0 Å². The number of hydrogen-bond donors (Lipinski definition) is 1. The van der Waals surface area contributed by atoms with E-state index in [-0.39, 0.29) is 0 Å². The normalized spacial score (nSPS) is 16.4. The Kier molecular flexibility index (Phi) is 3.82. The Hall–Kier alpha value is -2.93. The summed E-state index contributed by atoms with van der Waals surface area (Å²) in [6.07, 6.45) is 1.85. The van der Waals surface area contributed by atoms with Crippen molar-refractivity contribution < 1.29 is 4.74 Å². The minimum atomic E-state index is 0.776. The third kappa shape index (κ3) is 2.66. The summed E-state index contributed by atoms with van der Waals surface area (Å²) in [5, 5.41) is 3.42. The molecule has 4 heterocycles. The molecule has 0 saturated carbocycles. The number of anilines is 1. The van der Waals surface area contributed by atoms with Crippen molar-refractivity contribution in [2.75, 3.05) is 38.2 Å². The van der Waals surface area contributed by atoms with Gasteiger partial charge in [0.25, 0.3) is 0 Å². The first-order valence-electron chi connectivity index (χ1n) is 9.29. The van der Waals surface area contributed by atoms with Crippen molar-refractivity contribution in [2.45, 2.75) is 13.5 Å². The third-order valence-corrected chi connectivity index (χ3v) is 5.38. The standard InChI is InChI=1S/C20H22N6O/c1-3-25-12-22-18-17(13-4-6-16(27-2)7-5-13)23-20(24-19(18)25)26-10-14-8-21-9-15(14)11-26/h4-7,12,21H,3,8-11H2,1-2H3. The molecule has 0 spiro atoms. The number of aryl methyl sites for hydroxylation is 1. The van der Waals surface area contributed by atoms with E-state index < -0.39 is 0 Å². The van der Waals surface area contributed by atoms with E-state index in [9.17, 15) is 0 Å². The molecule has 3 aromatic rings. The summed E-state index contributed by atoms with van der Waals surface area (Å²) < 4.78 is 7.36. The van der Waals surface area contributed by atoms with Gasteiger partial charge in [0, 0.05) is 38.3 Å². The Morgan fingerprint density at radius 1 is 1.07 bits per heavy atom. The summed E-state index contributed by atoms with van der Waals surface area (Å²) >= 11 is 0. The van der Waals surface area contributed by atoms with Crippen LogP contribution in [0.1, 0.15) is 6.92 Å². The number of aromatic nitrogens is 4. The number of ether oxygens (including phenoxy) is 1. The molecular weight excluding hydrogens is 340 g/mol. The van der Waals surface area contributed by atoms with Gasteiger partial charge in [-0.1, -0.05) is 0 Å². The molecule has 1 aromatic carbocycles. The zero-order valence-electron chi connectivity index (χ0n) is 15.6. The van der Waals surface area contributed by atoms with Crippen LogP contribution < -0.4 is 15.0 Å². The summed E-state index contributed by atoms with van der Waals surface area (Å²) in [5.74, 6) is 1.61. The van der Waals surface area contributed by atoms with Gasteiger partial charge in [-0.2, -0.15) is 4.98 Å². The number of nitrogens with zero attached hydrogens (tertiary/aromatic N) is 5. The molecule has 0 fully saturated rings. The maximum atomic E-state index is 5.29. The second-order valence-electron chi connectivity index (χ2n) is 6.97. The Balaban J connectivity index is 1.61. The van der Waals surface area contributed by atoms with Crippen molar-refractivity contribution in [3.8, 4) is 17.0 Å². The van der Waals surface area contributed by atoms with Crippen LogP contribution in [0.3, 0.4) is 0 Å². The molecule has 7 heteroatoms. The highest BCUT2D eigenvalue weighted by Gasteiger charge is 2.28. The highest BCUT2D eigenvalue weighted by Crippen LogP contribution is 2.31. The van der Waals surface area contributed by atoms with Gasteiger partial charge in [0.2, 0.25) is 5.95 Å². The van der Waals surface area contributed by atoms with Crippen molar-refractivity contribution in [1.29, 1.82) is 0 Å². The Labute approximate surface area is 157 Å². The predicted octanol–water partition coefficient (Wildman–Crippen LogP) is 2.24. The molecule has 0 unspecified atom stereocenters. The van der Waals surface area contributed by atoms with Crippen LogP contribution in [-0.2, 0) is 6.54 Å². The van der Waals surface area contributed by atoms with Crippen LogP contribution >= 0.6 is 0 Å². The summed E-state index contributed by atoms with van der Waals surface area (Å²) in [6.45, 7) is 6.69. The predicted molar refractivity (Wildman–Crippen MR) is 105 cm³/mol. The van der Waals surface area contributed by atoms with E-state index in [0.717, 1.165) is 66.8 Å². The first-order valence-corrected chi connectivity index (χ1v) is 9.29. The van der Waals surface area contributed by atoms with Gasteiger partial charge in [-0.15, -0.1) is 0 Å². The molecule has 1 N–H and O–H groups in total. The molecule has 2 aliphatic heterocycles. The number of fused-ring (bicyclic) bond motifs is 1. The highest BCUT2D eigenvalue weighted by molar-refractivity contribution is 5.88. The van der Waals surface area contributed by atoms with E-state index in [2.05, 4.69) is 26.7 Å². The first kappa shape index (κ1) is 16.3. The van der Waals surface area contributed by atoms with Crippen LogP contribution in [0.4, 0.5) is 5.95 Å². The molecule has 0 amide bonds. The monoisotopic (exact) mass is 362 g/mol. The molecule has 7 nitrogen and oxygen atoms in total. The average molecular weight is 362 g/mol. The van der Waals surface area contributed by atoms with Crippen molar-refractivity contribution in [3.63, 3.8) is 0 Å². The van der Waals surface area contributed by atoms with Crippen molar-refractivity contribution in [2.24, 2.45) is 0 Å². The number of benzene rings is 1. The molecule has 27 heavy (non-hydrogen) atoms. The molecule has 0 bridgehead atoms. The fourth-order valence-electron chi connectivity index (χ4n) is 3.86. The Morgan fingerprint density at radius 2 is 1.81 bits per heavy atom. The average Bonchev–Trinajstić information content (AvgIpc) is 3.41. The van der Waals surface area contributed by atoms with Crippen molar-refractivity contribution >= 4 is 17.1 Å². The molecule has 5 rings (SSSR count). The lowest BCUT2D eigenvalue weighted by atomic mass is 10.1. The van der Waals surface area contributed by atoms with E-state index in [1.54, 1.807) is 7.11 Å².